The number of halogens is 1. The maximum Gasteiger partial charge on any atom is 0.140 e. The van der Waals surface area contributed by atoms with Crippen LogP contribution in [0.15, 0.2) is 22.9 Å². The van der Waals surface area contributed by atoms with E-state index >= 15 is 0 Å². The van der Waals surface area contributed by atoms with Crippen LogP contribution >= 0.6 is 15.9 Å². The van der Waals surface area contributed by atoms with Crippen LogP contribution in [0.1, 0.15) is 37.2 Å². The van der Waals surface area contributed by atoms with Crippen molar-refractivity contribution in [3.8, 4) is 0 Å². The van der Waals surface area contributed by atoms with Crippen molar-refractivity contribution in [1.29, 1.82) is 0 Å². The number of pyridine rings is 1. The maximum absolute atomic E-state index is 11.7. The van der Waals surface area contributed by atoms with Crippen LogP contribution in [0.25, 0.3) is 0 Å². The van der Waals surface area contributed by atoms with Gasteiger partial charge in [-0.05, 0) is 46.5 Å². The van der Waals surface area contributed by atoms with E-state index < -0.39 is 0 Å². The molecule has 3 heteroatoms. The molecule has 1 unspecified atom stereocenters. The Morgan fingerprint density at radius 3 is 3.00 bits per heavy atom. The smallest absolute Gasteiger partial charge is 0.140 e. The van der Waals surface area contributed by atoms with Crippen molar-refractivity contribution in [3.63, 3.8) is 0 Å². The summed E-state index contributed by atoms with van der Waals surface area (Å²) in [6, 6.07) is 3.90. The summed E-state index contributed by atoms with van der Waals surface area (Å²) in [5, 5.41) is 0. The topological polar surface area (TPSA) is 30.0 Å². The van der Waals surface area contributed by atoms with Crippen LogP contribution in [-0.4, -0.2) is 10.8 Å². The van der Waals surface area contributed by atoms with Crippen LogP contribution in [0.4, 0.5) is 0 Å². The third-order valence-corrected chi connectivity index (χ3v) is 3.14. The lowest BCUT2D eigenvalue weighted by atomic mass is 9.83. The first kappa shape index (κ1) is 9.84. The van der Waals surface area contributed by atoms with E-state index in [2.05, 4.69) is 20.9 Å². The summed E-state index contributed by atoms with van der Waals surface area (Å²) < 4.78 is 0.813. The molecule has 0 saturated heterocycles. The second-order valence-corrected chi connectivity index (χ2v) is 4.49. The molecule has 14 heavy (non-hydrogen) atoms. The molecule has 1 fully saturated rings. The standard InChI is InChI=1S/C11H12BrNO/c12-11-7-8(5-6-13-11)9-3-1-2-4-10(9)14/h5-7,9H,1-4H2. The van der Waals surface area contributed by atoms with E-state index in [1.54, 1.807) is 6.20 Å². The highest BCUT2D eigenvalue weighted by Gasteiger charge is 2.23. The van der Waals surface area contributed by atoms with Gasteiger partial charge >= 0.3 is 0 Å². The molecule has 1 aromatic heterocycles. The predicted molar refractivity (Wildman–Crippen MR) is 58.2 cm³/mol. The largest absolute Gasteiger partial charge is 0.299 e. The van der Waals surface area contributed by atoms with Gasteiger partial charge in [-0.2, -0.15) is 0 Å². The van der Waals surface area contributed by atoms with E-state index in [-0.39, 0.29) is 5.92 Å². The van der Waals surface area contributed by atoms with Crippen LogP contribution in [-0.2, 0) is 4.79 Å². The molecule has 1 atom stereocenters. The summed E-state index contributed by atoms with van der Waals surface area (Å²) in [5.41, 5.74) is 1.11. The number of carbonyl (C=O) groups excluding carboxylic acids is 1. The number of carbonyl (C=O) groups is 1. The molecule has 1 saturated carbocycles. The van der Waals surface area contributed by atoms with Gasteiger partial charge in [0.15, 0.2) is 0 Å². The van der Waals surface area contributed by atoms with E-state index in [0.29, 0.717) is 5.78 Å². The molecule has 0 aromatic carbocycles. The van der Waals surface area contributed by atoms with E-state index in [0.717, 1.165) is 35.8 Å². The summed E-state index contributed by atoms with van der Waals surface area (Å²) in [7, 11) is 0. The van der Waals surface area contributed by atoms with Crippen LogP contribution in [0.2, 0.25) is 0 Å². The molecule has 1 aromatic rings. The fourth-order valence-electron chi connectivity index (χ4n) is 1.97. The van der Waals surface area contributed by atoms with Crippen LogP contribution in [0, 0.1) is 0 Å². The quantitative estimate of drug-likeness (QED) is 0.721. The number of nitrogens with zero attached hydrogens (tertiary/aromatic N) is 1. The zero-order valence-corrected chi connectivity index (χ0v) is 9.46. The maximum atomic E-state index is 11.7. The lowest BCUT2D eigenvalue weighted by Gasteiger charge is -2.20. The predicted octanol–water partition coefficient (Wildman–Crippen LogP) is 3.07. The Bertz CT molecular complexity index is 351. The summed E-state index contributed by atoms with van der Waals surface area (Å²) >= 11 is 3.33. The van der Waals surface area contributed by atoms with Crippen LogP contribution in [0.5, 0.6) is 0 Å². The zero-order valence-electron chi connectivity index (χ0n) is 7.87. The van der Waals surface area contributed by atoms with E-state index in [1.807, 2.05) is 12.1 Å². The number of Topliss-reactive ketones (excluding diaryl/α,β-unsaturated/α-hetero) is 1. The van der Waals surface area contributed by atoms with Crippen molar-refractivity contribution in [2.75, 3.05) is 0 Å². The zero-order chi connectivity index (χ0) is 9.97. The average molecular weight is 254 g/mol. The summed E-state index contributed by atoms with van der Waals surface area (Å²) in [5.74, 6) is 0.498. The number of rotatable bonds is 1. The highest BCUT2D eigenvalue weighted by Crippen LogP contribution is 2.30. The van der Waals surface area contributed by atoms with E-state index in [9.17, 15) is 4.79 Å². The van der Waals surface area contributed by atoms with Gasteiger partial charge in [0.05, 0.1) is 0 Å². The van der Waals surface area contributed by atoms with Gasteiger partial charge in [0.2, 0.25) is 0 Å². The minimum absolute atomic E-state index is 0.114. The minimum atomic E-state index is 0.114. The first-order valence-corrected chi connectivity index (χ1v) is 5.71. The fraction of sp³-hybridized carbons (Fsp3) is 0.455. The van der Waals surface area contributed by atoms with Crippen molar-refractivity contribution in [3.05, 3.63) is 28.5 Å². The first-order valence-electron chi connectivity index (χ1n) is 4.91. The van der Waals surface area contributed by atoms with E-state index in [1.165, 1.54) is 0 Å². The molecular formula is C11H12BrNO. The Morgan fingerprint density at radius 2 is 2.29 bits per heavy atom. The molecule has 0 aliphatic heterocycles. The molecule has 1 heterocycles. The third-order valence-electron chi connectivity index (χ3n) is 2.71. The second-order valence-electron chi connectivity index (χ2n) is 3.68. The van der Waals surface area contributed by atoms with Gasteiger partial charge in [0.1, 0.15) is 10.4 Å². The number of hydrogen-bond donors (Lipinski definition) is 0. The Hall–Kier alpha value is -0.700. The van der Waals surface area contributed by atoms with Gasteiger partial charge in [0, 0.05) is 18.5 Å². The van der Waals surface area contributed by atoms with Crippen molar-refractivity contribution in [2.24, 2.45) is 0 Å². The third kappa shape index (κ3) is 2.03. The van der Waals surface area contributed by atoms with Gasteiger partial charge in [-0.25, -0.2) is 4.98 Å². The van der Waals surface area contributed by atoms with Crippen molar-refractivity contribution in [1.82, 2.24) is 4.98 Å². The monoisotopic (exact) mass is 253 g/mol. The normalized spacial score (nSPS) is 22.4. The number of hydrogen-bond acceptors (Lipinski definition) is 2. The number of aromatic nitrogens is 1. The summed E-state index contributed by atoms with van der Waals surface area (Å²) in [4.78, 5) is 15.7. The Labute approximate surface area is 91.9 Å². The lowest BCUT2D eigenvalue weighted by molar-refractivity contribution is -0.121. The molecule has 1 aliphatic carbocycles. The highest BCUT2D eigenvalue weighted by molar-refractivity contribution is 9.10. The Morgan fingerprint density at radius 1 is 1.43 bits per heavy atom. The van der Waals surface area contributed by atoms with Gasteiger partial charge in [-0.15, -0.1) is 0 Å². The molecule has 0 N–H and O–H groups in total. The Kier molecular flexibility index (Phi) is 2.96. The molecule has 0 bridgehead atoms. The molecular weight excluding hydrogens is 242 g/mol. The molecule has 0 spiro atoms. The first-order chi connectivity index (χ1) is 6.77. The second kappa shape index (κ2) is 4.22. The summed E-state index contributed by atoms with van der Waals surface area (Å²) in [6.45, 7) is 0. The van der Waals surface area contributed by atoms with Crippen molar-refractivity contribution >= 4 is 21.7 Å². The summed E-state index contributed by atoms with van der Waals surface area (Å²) in [6.07, 6.45) is 5.71. The molecule has 74 valence electrons. The van der Waals surface area contributed by atoms with Crippen LogP contribution in [0.3, 0.4) is 0 Å². The lowest BCUT2D eigenvalue weighted by Crippen LogP contribution is -2.16. The Balaban J connectivity index is 2.24. The van der Waals surface area contributed by atoms with Crippen molar-refractivity contribution < 1.29 is 4.79 Å². The number of ketones is 1. The molecule has 2 nitrogen and oxygen atoms in total. The minimum Gasteiger partial charge on any atom is -0.299 e. The van der Waals surface area contributed by atoms with Gasteiger partial charge in [0.25, 0.3) is 0 Å². The SMILES string of the molecule is O=C1CCCCC1c1ccnc(Br)c1. The average Bonchev–Trinajstić information content (AvgIpc) is 2.18. The van der Waals surface area contributed by atoms with Gasteiger partial charge in [-0.1, -0.05) is 6.42 Å². The van der Waals surface area contributed by atoms with Gasteiger partial charge in [-0.3, -0.25) is 4.79 Å². The fourth-order valence-corrected chi connectivity index (χ4v) is 2.35. The molecule has 0 radical (unpaired) electrons. The molecule has 2 rings (SSSR count). The van der Waals surface area contributed by atoms with Crippen molar-refractivity contribution in [2.45, 2.75) is 31.6 Å². The highest BCUT2D eigenvalue weighted by atomic mass is 79.9. The van der Waals surface area contributed by atoms with Gasteiger partial charge < -0.3 is 0 Å². The van der Waals surface area contributed by atoms with E-state index in [4.69, 9.17) is 0 Å². The molecule has 1 aliphatic rings. The van der Waals surface area contributed by atoms with Crippen LogP contribution < -0.4 is 0 Å². The molecule has 0 amide bonds.